The lowest BCUT2D eigenvalue weighted by atomic mass is 10.0. The van der Waals surface area contributed by atoms with Crippen LogP contribution in [-0.4, -0.2) is 75.1 Å². The maximum atomic E-state index is 13.4. The summed E-state index contributed by atoms with van der Waals surface area (Å²) in [6, 6.07) is 8.90. The van der Waals surface area contributed by atoms with Crippen LogP contribution in [0.15, 0.2) is 40.8 Å². The van der Waals surface area contributed by atoms with E-state index in [0.29, 0.717) is 37.6 Å². The lowest BCUT2D eigenvalue weighted by Gasteiger charge is -2.27. The third-order valence-electron chi connectivity index (χ3n) is 5.27. The highest BCUT2D eigenvalue weighted by atomic mass is 32.1. The van der Waals surface area contributed by atoms with Gasteiger partial charge in [-0.25, -0.2) is 9.80 Å². The van der Waals surface area contributed by atoms with Crippen LogP contribution in [0.5, 0.6) is 11.5 Å². The van der Waals surface area contributed by atoms with Crippen molar-refractivity contribution in [1.29, 1.82) is 0 Å². The Morgan fingerprint density at radius 2 is 2.00 bits per heavy atom. The number of benzene rings is 1. The molecule has 0 unspecified atom stereocenters. The second-order valence-electron chi connectivity index (χ2n) is 7.35. The number of rotatable bonds is 10. The first-order valence-electron chi connectivity index (χ1n) is 10.7. The maximum absolute atomic E-state index is 13.4. The largest absolute Gasteiger partial charge is 0.493 e. The molecule has 9 nitrogen and oxygen atoms in total. The highest BCUT2D eigenvalue weighted by molar-refractivity contribution is 7.12. The van der Waals surface area contributed by atoms with E-state index in [-0.39, 0.29) is 24.5 Å². The number of carbonyl (C=O) groups is 2. The van der Waals surface area contributed by atoms with Crippen LogP contribution in [0.1, 0.15) is 29.8 Å². The second-order valence-corrected chi connectivity index (χ2v) is 8.29. The van der Waals surface area contributed by atoms with Gasteiger partial charge in [-0.05, 0) is 36.1 Å². The van der Waals surface area contributed by atoms with Gasteiger partial charge in [0.1, 0.15) is 6.54 Å². The van der Waals surface area contributed by atoms with E-state index in [1.807, 2.05) is 42.6 Å². The Morgan fingerprint density at radius 1 is 1.21 bits per heavy atom. The van der Waals surface area contributed by atoms with Gasteiger partial charge in [0.2, 0.25) is 0 Å². The molecule has 0 saturated heterocycles. The summed E-state index contributed by atoms with van der Waals surface area (Å²) in [5.41, 5.74) is 1.71. The molecule has 0 aliphatic carbocycles. The first-order chi connectivity index (χ1) is 16.0. The van der Waals surface area contributed by atoms with Crippen molar-refractivity contribution in [2.45, 2.75) is 19.4 Å². The van der Waals surface area contributed by atoms with E-state index >= 15 is 0 Å². The number of hydrogen-bond acceptors (Lipinski definition) is 7. The summed E-state index contributed by atoms with van der Waals surface area (Å²) >= 11 is 1.58. The number of hydrogen-bond donors (Lipinski definition) is 1. The average molecular weight is 475 g/mol. The SMILES string of the molecule is CCNC(=O)N(CCOC)CC(=O)N1N=C(c2cccs2)C[C@H]1c1ccc(OC)c(OC)c1. The lowest BCUT2D eigenvalue weighted by Crippen LogP contribution is -2.47. The van der Waals surface area contributed by atoms with Crippen molar-refractivity contribution in [3.63, 3.8) is 0 Å². The van der Waals surface area contributed by atoms with Gasteiger partial charge < -0.3 is 24.4 Å². The van der Waals surface area contributed by atoms with Crippen LogP contribution in [-0.2, 0) is 9.53 Å². The number of ether oxygens (including phenoxy) is 3. The highest BCUT2D eigenvalue weighted by Gasteiger charge is 2.35. The summed E-state index contributed by atoms with van der Waals surface area (Å²) in [7, 11) is 4.71. The molecule has 33 heavy (non-hydrogen) atoms. The van der Waals surface area contributed by atoms with E-state index in [4.69, 9.17) is 14.2 Å². The number of carbonyl (C=O) groups excluding carboxylic acids is 2. The van der Waals surface area contributed by atoms with Crippen molar-refractivity contribution in [1.82, 2.24) is 15.2 Å². The van der Waals surface area contributed by atoms with E-state index < -0.39 is 0 Å². The molecular weight excluding hydrogens is 444 g/mol. The Kier molecular flexibility index (Phi) is 8.67. The zero-order valence-corrected chi connectivity index (χ0v) is 20.2. The maximum Gasteiger partial charge on any atom is 0.317 e. The first-order valence-corrected chi connectivity index (χ1v) is 11.6. The van der Waals surface area contributed by atoms with E-state index in [2.05, 4.69) is 10.4 Å². The van der Waals surface area contributed by atoms with Gasteiger partial charge in [-0.3, -0.25) is 4.79 Å². The van der Waals surface area contributed by atoms with Gasteiger partial charge in [-0.15, -0.1) is 11.3 Å². The van der Waals surface area contributed by atoms with Crippen molar-refractivity contribution in [2.75, 3.05) is 47.6 Å². The summed E-state index contributed by atoms with van der Waals surface area (Å²) < 4.78 is 15.9. The number of nitrogens with one attached hydrogen (secondary N) is 1. The molecule has 1 aromatic heterocycles. The fraction of sp³-hybridized carbons (Fsp3) is 0.435. The summed E-state index contributed by atoms with van der Waals surface area (Å²) in [6.07, 6.45) is 0.557. The van der Waals surface area contributed by atoms with Crippen molar-refractivity contribution in [3.05, 3.63) is 46.2 Å². The van der Waals surface area contributed by atoms with Crippen LogP contribution in [0.2, 0.25) is 0 Å². The molecule has 1 aliphatic heterocycles. The fourth-order valence-corrected chi connectivity index (χ4v) is 4.33. The van der Waals surface area contributed by atoms with Gasteiger partial charge in [-0.1, -0.05) is 12.1 Å². The zero-order valence-electron chi connectivity index (χ0n) is 19.4. The Hall–Kier alpha value is -3.11. The van der Waals surface area contributed by atoms with Gasteiger partial charge in [0.05, 0.1) is 37.5 Å². The minimum absolute atomic E-state index is 0.111. The average Bonchev–Trinajstić information content (AvgIpc) is 3.51. The van der Waals surface area contributed by atoms with Crippen LogP contribution < -0.4 is 14.8 Å². The molecule has 2 heterocycles. The smallest absolute Gasteiger partial charge is 0.317 e. The molecule has 3 amide bonds. The molecule has 3 rings (SSSR count). The summed E-state index contributed by atoms with van der Waals surface area (Å²) in [5.74, 6) is 0.915. The standard InChI is InChI=1S/C23H30N4O5S/c1-5-24-23(29)26(10-11-30-2)15-22(28)27-18(14-17(25-27)21-7-6-12-33-21)16-8-9-19(31-3)20(13-16)32-4/h6-9,12-13,18H,5,10-11,14-15H2,1-4H3,(H,24,29)/t18-/m0/s1. The molecule has 0 spiro atoms. The number of hydrazone groups is 1. The Labute approximate surface area is 197 Å². The molecule has 0 bridgehead atoms. The van der Waals surface area contributed by atoms with Crippen LogP contribution >= 0.6 is 11.3 Å². The van der Waals surface area contributed by atoms with Gasteiger partial charge in [-0.2, -0.15) is 5.10 Å². The van der Waals surface area contributed by atoms with Crippen LogP contribution in [0.3, 0.4) is 0 Å². The normalized spacial score (nSPS) is 15.2. The van der Waals surface area contributed by atoms with Gasteiger partial charge in [0.25, 0.3) is 5.91 Å². The molecule has 10 heteroatoms. The van der Waals surface area contributed by atoms with Gasteiger partial charge in [0, 0.05) is 26.6 Å². The molecule has 0 fully saturated rings. The highest BCUT2D eigenvalue weighted by Crippen LogP contribution is 2.37. The summed E-state index contributed by atoms with van der Waals surface area (Å²) in [4.78, 5) is 28.3. The molecular formula is C23H30N4O5S. The monoisotopic (exact) mass is 474 g/mol. The van der Waals surface area contributed by atoms with E-state index in [1.54, 1.807) is 32.7 Å². The van der Waals surface area contributed by atoms with Crippen LogP contribution in [0, 0.1) is 0 Å². The topological polar surface area (TPSA) is 92.7 Å². The van der Waals surface area contributed by atoms with Crippen molar-refractivity contribution < 1.29 is 23.8 Å². The summed E-state index contributed by atoms with van der Waals surface area (Å²) in [5, 5.41) is 10.9. The molecule has 178 valence electrons. The van der Waals surface area contributed by atoms with Crippen molar-refractivity contribution in [2.24, 2.45) is 5.10 Å². The predicted octanol–water partition coefficient (Wildman–Crippen LogP) is 3.12. The molecule has 0 saturated carbocycles. The van der Waals surface area contributed by atoms with Crippen LogP contribution in [0.4, 0.5) is 4.79 Å². The third-order valence-corrected chi connectivity index (χ3v) is 6.19. The van der Waals surface area contributed by atoms with Crippen molar-refractivity contribution >= 4 is 29.0 Å². The quantitative estimate of drug-likeness (QED) is 0.571. The number of urea groups is 1. The molecule has 2 aromatic rings. The van der Waals surface area contributed by atoms with Crippen molar-refractivity contribution in [3.8, 4) is 11.5 Å². The Bertz CT molecular complexity index is 979. The first kappa shape index (κ1) is 24.5. The lowest BCUT2D eigenvalue weighted by molar-refractivity contribution is -0.133. The molecule has 0 radical (unpaired) electrons. The zero-order chi connectivity index (χ0) is 23.8. The minimum Gasteiger partial charge on any atom is -0.493 e. The van der Waals surface area contributed by atoms with E-state index in [9.17, 15) is 9.59 Å². The number of thiophene rings is 1. The fourth-order valence-electron chi connectivity index (χ4n) is 3.60. The van der Waals surface area contributed by atoms with Gasteiger partial charge in [0.15, 0.2) is 11.5 Å². The summed E-state index contributed by atoms with van der Waals surface area (Å²) in [6.45, 7) is 2.81. The minimum atomic E-state index is -0.326. The van der Waals surface area contributed by atoms with E-state index in [1.165, 1.54) is 9.91 Å². The number of amides is 3. The number of nitrogens with zero attached hydrogens (tertiary/aromatic N) is 3. The Morgan fingerprint density at radius 3 is 2.64 bits per heavy atom. The van der Waals surface area contributed by atoms with Crippen LogP contribution in [0.25, 0.3) is 0 Å². The predicted molar refractivity (Wildman–Crippen MR) is 127 cm³/mol. The Balaban J connectivity index is 1.90. The molecule has 1 atom stereocenters. The van der Waals surface area contributed by atoms with E-state index in [0.717, 1.165) is 16.2 Å². The third kappa shape index (κ3) is 5.82. The molecule has 1 aliphatic rings. The second kappa shape index (κ2) is 11.7. The molecule has 1 N–H and O–H groups in total. The molecule has 1 aromatic carbocycles. The number of methoxy groups -OCH3 is 3. The van der Waals surface area contributed by atoms with Gasteiger partial charge >= 0.3 is 6.03 Å².